The fraction of sp³-hybridized carbons (Fsp3) is 0.368. The Hall–Kier alpha value is -1.60. The fourth-order valence-corrected chi connectivity index (χ4v) is 3.15. The normalized spacial score (nSPS) is 18.3. The molecular weight excluding hydrogens is 244 g/mol. The molecule has 0 aromatic heterocycles. The molecule has 1 N–H and O–H groups in total. The highest BCUT2D eigenvalue weighted by Crippen LogP contribution is 2.41. The summed E-state index contributed by atoms with van der Waals surface area (Å²) in [6, 6.07) is 18.7. The molecule has 3 rings (SSSR count). The molecule has 1 aliphatic rings. The second-order valence-corrected chi connectivity index (χ2v) is 6.15. The Kier molecular flexibility index (Phi) is 3.62. The minimum Gasteiger partial charge on any atom is -0.385 e. The van der Waals surface area contributed by atoms with Gasteiger partial charge in [0.15, 0.2) is 0 Å². The summed E-state index contributed by atoms with van der Waals surface area (Å²) in [6.45, 7) is 1.94. The van der Waals surface area contributed by atoms with E-state index in [9.17, 15) is 5.11 Å². The van der Waals surface area contributed by atoms with E-state index < -0.39 is 5.60 Å². The van der Waals surface area contributed by atoms with Gasteiger partial charge in [0.1, 0.15) is 0 Å². The maximum Gasteiger partial charge on any atom is 0.0911 e. The molecule has 1 heteroatoms. The Balaban J connectivity index is 1.90. The predicted molar refractivity (Wildman–Crippen MR) is 82.8 cm³/mol. The predicted octanol–water partition coefficient (Wildman–Crippen LogP) is 4.40. The van der Waals surface area contributed by atoms with Gasteiger partial charge in [0.05, 0.1) is 5.60 Å². The molecule has 0 spiro atoms. The molecule has 0 amide bonds. The van der Waals surface area contributed by atoms with E-state index in [0.717, 1.165) is 5.56 Å². The minimum atomic E-state index is -0.798. The van der Waals surface area contributed by atoms with E-state index in [4.69, 9.17) is 0 Å². The van der Waals surface area contributed by atoms with Crippen LogP contribution in [0.3, 0.4) is 0 Å². The molecular formula is C19H22O. The highest BCUT2D eigenvalue weighted by Gasteiger charge is 2.30. The largest absolute Gasteiger partial charge is 0.385 e. The lowest BCUT2D eigenvalue weighted by Crippen LogP contribution is -2.27. The Morgan fingerprint density at radius 1 is 1.00 bits per heavy atom. The minimum absolute atomic E-state index is 0.647. The van der Waals surface area contributed by atoms with Crippen molar-refractivity contribution in [2.24, 2.45) is 0 Å². The first-order valence-corrected chi connectivity index (χ1v) is 7.52. The number of aliphatic hydroxyl groups is 1. The highest BCUT2D eigenvalue weighted by atomic mass is 16.3. The van der Waals surface area contributed by atoms with Gasteiger partial charge in [-0.3, -0.25) is 0 Å². The fourth-order valence-electron chi connectivity index (χ4n) is 3.15. The van der Waals surface area contributed by atoms with E-state index in [2.05, 4.69) is 30.3 Å². The quantitative estimate of drug-likeness (QED) is 0.869. The molecule has 1 fully saturated rings. The van der Waals surface area contributed by atoms with E-state index in [1.807, 2.05) is 31.2 Å². The van der Waals surface area contributed by atoms with Gasteiger partial charge in [-0.15, -0.1) is 0 Å². The number of hydrogen-bond donors (Lipinski definition) is 1. The molecule has 0 aliphatic heterocycles. The molecule has 20 heavy (non-hydrogen) atoms. The molecule has 1 saturated carbocycles. The van der Waals surface area contributed by atoms with Gasteiger partial charge in [-0.05, 0) is 42.4 Å². The van der Waals surface area contributed by atoms with Gasteiger partial charge in [-0.25, -0.2) is 0 Å². The van der Waals surface area contributed by atoms with Gasteiger partial charge in [0.25, 0.3) is 0 Å². The van der Waals surface area contributed by atoms with Gasteiger partial charge in [0, 0.05) is 6.42 Å². The third kappa shape index (κ3) is 2.64. The van der Waals surface area contributed by atoms with E-state index in [-0.39, 0.29) is 0 Å². The first-order chi connectivity index (χ1) is 9.67. The number of rotatable bonds is 4. The monoisotopic (exact) mass is 266 g/mol. The summed E-state index contributed by atoms with van der Waals surface area (Å²) in [5.41, 5.74) is 2.84. The third-order valence-corrected chi connectivity index (χ3v) is 4.48. The topological polar surface area (TPSA) is 20.2 Å². The molecule has 1 unspecified atom stereocenters. The van der Waals surface area contributed by atoms with Crippen LogP contribution in [0.4, 0.5) is 0 Å². The van der Waals surface area contributed by atoms with Crippen LogP contribution < -0.4 is 0 Å². The van der Waals surface area contributed by atoms with Crippen LogP contribution in [0.25, 0.3) is 0 Å². The zero-order valence-corrected chi connectivity index (χ0v) is 12.0. The second kappa shape index (κ2) is 5.41. The second-order valence-electron chi connectivity index (χ2n) is 6.15. The van der Waals surface area contributed by atoms with E-state index in [0.29, 0.717) is 12.3 Å². The maximum absolute atomic E-state index is 11.0. The van der Waals surface area contributed by atoms with Crippen LogP contribution in [-0.2, 0) is 12.0 Å². The molecule has 0 heterocycles. The number of hydrogen-bond acceptors (Lipinski definition) is 1. The summed E-state index contributed by atoms with van der Waals surface area (Å²) in [4.78, 5) is 0. The standard InChI is InChI=1S/C19H22O/c1-19(20,14-15-8-3-2-4-9-15)18-13-6-5-12-17(18)16-10-7-11-16/h2-6,8-9,12-13,16,20H,7,10-11,14H2,1H3. The van der Waals surface area contributed by atoms with Gasteiger partial charge in [-0.1, -0.05) is 61.0 Å². The van der Waals surface area contributed by atoms with Gasteiger partial charge >= 0.3 is 0 Å². The average molecular weight is 266 g/mol. The molecule has 1 nitrogen and oxygen atoms in total. The highest BCUT2D eigenvalue weighted by molar-refractivity contribution is 5.37. The summed E-state index contributed by atoms with van der Waals surface area (Å²) in [6.07, 6.45) is 4.51. The lowest BCUT2D eigenvalue weighted by atomic mass is 9.74. The first-order valence-electron chi connectivity index (χ1n) is 7.52. The average Bonchev–Trinajstić information content (AvgIpc) is 2.38. The van der Waals surface area contributed by atoms with Crippen molar-refractivity contribution >= 4 is 0 Å². The SMILES string of the molecule is CC(O)(Cc1ccccc1)c1ccccc1C1CCC1. The Bertz CT molecular complexity index is 567. The van der Waals surface area contributed by atoms with Crippen molar-refractivity contribution < 1.29 is 5.11 Å². The van der Waals surface area contributed by atoms with Crippen molar-refractivity contribution in [3.05, 3.63) is 71.3 Å². The van der Waals surface area contributed by atoms with Crippen LogP contribution in [0.15, 0.2) is 54.6 Å². The Morgan fingerprint density at radius 2 is 1.65 bits per heavy atom. The number of benzene rings is 2. The molecule has 1 aliphatic carbocycles. The van der Waals surface area contributed by atoms with Gasteiger partial charge in [-0.2, -0.15) is 0 Å². The summed E-state index contributed by atoms with van der Waals surface area (Å²) >= 11 is 0. The van der Waals surface area contributed by atoms with Crippen molar-refractivity contribution in [1.29, 1.82) is 0 Å². The summed E-state index contributed by atoms with van der Waals surface area (Å²) < 4.78 is 0. The maximum atomic E-state index is 11.0. The summed E-state index contributed by atoms with van der Waals surface area (Å²) in [7, 11) is 0. The van der Waals surface area contributed by atoms with Crippen molar-refractivity contribution in [2.45, 2.75) is 44.1 Å². The van der Waals surface area contributed by atoms with Crippen LogP contribution in [0, 0.1) is 0 Å². The Morgan fingerprint density at radius 3 is 2.30 bits per heavy atom. The first kappa shape index (κ1) is 13.4. The van der Waals surface area contributed by atoms with Gasteiger partial charge in [0.2, 0.25) is 0 Å². The van der Waals surface area contributed by atoms with E-state index in [1.54, 1.807) is 0 Å². The molecule has 0 bridgehead atoms. The lowest BCUT2D eigenvalue weighted by molar-refractivity contribution is 0.0558. The smallest absolute Gasteiger partial charge is 0.0911 e. The summed E-state index contributed by atoms with van der Waals surface area (Å²) in [5.74, 6) is 0.647. The van der Waals surface area contributed by atoms with Crippen LogP contribution in [0.5, 0.6) is 0 Å². The molecule has 1 atom stereocenters. The van der Waals surface area contributed by atoms with Crippen molar-refractivity contribution in [2.75, 3.05) is 0 Å². The van der Waals surface area contributed by atoms with Crippen molar-refractivity contribution in [3.63, 3.8) is 0 Å². The van der Waals surface area contributed by atoms with Crippen molar-refractivity contribution in [1.82, 2.24) is 0 Å². The molecule has 2 aromatic carbocycles. The molecule has 0 saturated heterocycles. The molecule has 2 aromatic rings. The van der Waals surface area contributed by atoms with E-state index in [1.165, 1.54) is 30.4 Å². The van der Waals surface area contributed by atoms with Crippen LogP contribution in [0.1, 0.15) is 48.8 Å². The zero-order valence-electron chi connectivity index (χ0n) is 12.0. The lowest BCUT2D eigenvalue weighted by Gasteiger charge is -2.33. The molecule has 0 radical (unpaired) electrons. The molecule has 104 valence electrons. The van der Waals surface area contributed by atoms with Gasteiger partial charge < -0.3 is 5.11 Å². The van der Waals surface area contributed by atoms with E-state index >= 15 is 0 Å². The van der Waals surface area contributed by atoms with Crippen LogP contribution in [-0.4, -0.2) is 5.11 Å². The summed E-state index contributed by atoms with van der Waals surface area (Å²) in [5, 5.41) is 11.0. The third-order valence-electron chi connectivity index (χ3n) is 4.48. The van der Waals surface area contributed by atoms with Crippen molar-refractivity contribution in [3.8, 4) is 0 Å². The van der Waals surface area contributed by atoms with Crippen LogP contribution >= 0.6 is 0 Å². The zero-order chi connectivity index (χ0) is 14.0. The Labute approximate surface area is 121 Å². The van der Waals surface area contributed by atoms with Crippen LogP contribution in [0.2, 0.25) is 0 Å².